The number of carbonyl (C=O) groups is 1. The maximum atomic E-state index is 11.1. The van der Waals surface area contributed by atoms with E-state index in [1.807, 2.05) is 43.3 Å². The van der Waals surface area contributed by atoms with Crippen molar-refractivity contribution in [1.29, 1.82) is 0 Å². The van der Waals surface area contributed by atoms with Crippen LogP contribution in [0.2, 0.25) is 5.02 Å². The molecule has 0 aliphatic carbocycles. The Labute approximate surface area is 133 Å². The van der Waals surface area contributed by atoms with Gasteiger partial charge < -0.3 is 5.11 Å². The molecule has 0 radical (unpaired) electrons. The summed E-state index contributed by atoms with van der Waals surface area (Å²) in [5.74, 6) is -0.788. The minimum Gasteiger partial charge on any atom is -0.480 e. The first-order valence-corrected chi connectivity index (χ1v) is 8.10. The van der Waals surface area contributed by atoms with Crippen LogP contribution in [-0.2, 0) is 11.3 Å². The second-order valence-electron chi connectivity index (χ2n) is 4.84. The van der Waals surface area contributed by atoms with Gasteiger partial charge in [0.25, 0.3) is 0 Å². The maximum Gasteiger partial charge on any atom is 0.320 e. The average molecular weight is 324 g/mol. The third-order valence-corrected chi connectivity index (χ3v) is 4.54. The molecule has 2 N–H and O–H groups in total. The summed E-state index contributed by atoms with van der Waals surface area (Å²) >= 11 is 7.65. The summed E-state index contributed by atoms with van der Waals surface area (Å²) < 4.78 is 0. The van der Waals surface area contributed by atoms with Gasteiger partial charge in [-0.2, -0.15) is 0 Å². The molecule has 0 saturated heterocycles. The molecule has 1 atom stereocenters. The molecule has 2 rings (SSSR count). The fourth-order valence-electron chi connectivity index (χ4n) is 2.10. The lowest BCUT2D eigenvalue weighted by atomic mass is 10.1. The van der Waals surface area contributed by atoms with Crippen LogP contribution >= 0.6 is 22.9 Å². The summed E-state index contributed by atoms with van der Waals surface area (Å²) in [6.45, 7) is 2.56. The number of thiophene rings is 1. The molecule has 0 amide bonds. The summed E-state index contributed by atoms with van der Waals surface area (Å²) in [5.41, 5.74) is 1.09. The Kier molecular flexibility index (Phi) is 5.79. The van der Waals surface area contributed by atoms with Crippen molar-refractivity contribution in [2.24, 2.45) is 0 Å². The van der Waals surface area contributed by atoms with Crippen molar-refractivity contribution < 1.29 is 9.90 Å². The Balaban J connectivity index is 2.02. The van der Waals surface area contributed by atoms with E-state index in [0.717, 1.165) is 26.8 Å². The van der Waals surface area contributed by atoms with Gasteiger partial charge in [-0.1, -0.05) is 37.1 Å². The number of nitrogens with one attached hydrogen (secondary N) is 1. The minimum absolute atomic E-state index is 0.480. The van der Waals surface area contributed by atoms with Crippen LogP contribution in [-0.4, -0.2) is 17.1 Å². The SMILES string of the molecule is CCCC(NCc1ccc(-c2cccc(Cl)c2)s1)C(=O)O. The van der Waals surface area contributed by atoms with Crippen LogP contribution in [0.15, 0.2) is 36.4 Å². The summed E-state index contributed by atoms with van der Waals surface area (Å²) in [6.07, 6.45) is 1.49. The molecule has 0 bridgehead atoms. The van der Waals surface area contributed by atoms with Gasteiger partial charge in [0.15, 0.2) is 0 Å². The van der Waals surface area contributed by atoms with Gasteiger partial charge in [0, 0.05) is 21.3 Å². The standard InChI is InChI=1S/C16H18ClNO2S/c1-2-4-14(16(19)20)18-10-13-7-8-15(21-13)11-5-3-6-12(17)9-11/h3,5-9,14,18H,2,4,10H2,1H3,(H,19,20). The van der Waals surface area contributed by atoms with Crippen LogP contribution in [0.25, 0.3) is 10.4 Å². The zero-order valence-corrected chi connectivity index (χ0v) is 13.4. The van der Waals surface area contributed by atoms with Crippen LogP contribution in [0.1, 0.15) is 24.6 Å². The molecular weight excluding hydrogens is 306 g/mol. The van der Waals surface area contributed by atoms with E-state index >= 15 is 0 Å². The third-order valence-electron chi connectivity index (χ3n) is 3.17. The van der Waals surface area contributed by atoms with Gasteiger partial charge in [0.1, 0.15) is 6.04 Å². The average Bonchev–Trinajstić information content (AvgIpc) is 2.92. The van der Waals surface area contributed by atoms with E-state index in [4.69, 9.17) is 16.7 Å². The van der Waals surface area contributed by atoms with E-state index in [-0.39, 0.29) is 0 Å². The Morgan fingerprint density at radius 2 is 2.19 bits per heavy atom. The molecule has 2 aromatic rings. The van der Waals surface area contributed by atoms with Crippen molar-refractivity contribution in [3.05, 3.63) is 46.3 Å². The molecule has 1 heterocycles. The molecule has 1 unspecified atom stereocenters. The Morgan fingerprint density at radius 1 is 1.38 bits per heavy atom. The lowest BCUT2D eigenvalue weighted by Gasteiger charge is -2.12. The molecule has 5 heteroatoms. The molecule has 0 spiro atoms. The number of carboxylic acid groups (broad SMARTS) is 1. The molecule has 0 aliphatic heterocycles. The largest absolute Gasteiger partial charge is 0.480 e. The highest BCUT2D eigenvalue weighted by atomic mass is 35.5. The summed E-state index contributed by atoms with van der Waals surface area (Å²) in [7, 11) is 0. The zero-order chi connectivity index (χ0) is 15.2. The summed E-state index contributed by atoms with van der Waals surface area (Å²) in [6, 6.07) is 11.3. The molecule has 21 heavy (non-hydrogen) atoms. The van der Waals surface area contributed by atoms with Gasteiger partial charge in [-0.25, -0.2) is 0 Å². The Hall–Kier alpha value is -1.36. The zero-order valence-electron chi connectivity index (χ0n) is 11.8. The van der Waals surface area contributed by atoms with E-state index in [2.05, 4.69) is 5.32 Å². The minimum atomic E-state index is -0.788. The van der Waals surface area contributed by atoms with Crippen LogP contribution < -0.4 is 5.32 Å². The van der Waals surface area contributed by atoms with Crippen LogP contribution in [0.3, 0.4) is 0 Å². The highest BCUT2D eigenvalue weighted by Gasteiger charge is 2.15. The lowest BCUT2D eigenvalue weighted by Crippen LogP contribution is -2.35. The van der Waals surface area contributed by atoms with Crippen LogP contribution in [0.5, 0.6) is 0 Å². The highest BCUT2D eigenvalue weighted by molar-refractivity contribution is 7.15. The predicted octanol–water partition coefficient (Wildman–Crippen LogP) is 4.41. The topological polar surface area (TPSA) is 49.3 Å². The van der Waals surface area contributed by atoms with Crippen molar-refractivity contribution >= 4 is 28.9 Å². The number of aliphatic carboxylic acids is 1. The van der Waals surface area contributed by atoms with E-state index in [9.17, 15) is 4.79 Å². The summed E-state index contributed by atoms with van der Waals surface area (Å²) in [4.78, 5) is 13.4. The molecular formula is C16H18ClNO2S. The third kappa shape index (κ3) is 4.56. The van der Waals surface area contributed by atoms with Crippen LogP contribution in [0, 0.1) is 0 Å². The van der Waals surface area contributed by atoms with Crippen molar-refractivity contribution in [3.63, 3.8) is 0 Å². The Morgan fingerprint density at radius 3 is 2.86 bits per heavy atom. The number of carboxylic acids is 1. The smallest absolute Gasteiger partial charge is 0.320 e. The number of hydrogen-bond acceptors (Lipinski definition) is 3. The quantitative estimate of drug-likeness (QED) is 0.793. The predicted molar refractivity (Wildman–Crippen MR) is 87.9 cm³/mol. The fourth-order valence-corrected chi connectivity index (χ4v) is 3.24. The number of rotatable bonds is 7. The van der Waals surface area contributed by atoms with Gasteiger partial charge in [0.2, 0.25) is 0 Å². The second kappa shape index (κ2) is 7.59. The molecule has 0 aliphatic rings. The molecule has 0 saturated carbocycles. The van der Waals surface area contributed by atoms with Gasteiger partial charge in [-0.3, -0.25) is 10.1 Å². The van der Waals surface area contributed by atoms with E-state index in [0.29, 0.717) is 13.0 Å². The first-order valence-electron chi connectivity index (χ1n) is 6.91. The number of benzene rings is 1. The van der Waals surface area contributed by atoms with Crippen LogP contribution in [0.4, 0.5) is 0 Å². The normalized spacial score (nSPS) is 12.3. The highest BCUT2D eigenvalue weighted by Crippen LogP contribution is 2.29. The molecule has 0 fully saturated rings. The van der Waals surface area contributed by atoms with Gasteiger partial charge >= 0.3 is 5.97 Å². The van der Waals surface area contributed by atoms with Crippen molar-refractivity contribution in [2.45, 2.75) is 32.4 Å². The van der Waals surface area contributed by atoms with E-state index in [1.54, 1.807) is 11.3 Å². The number of hydrogen-bond donors (Lipinski definition) is 2. The summed E-state index contributed by atoms with van der Waals surface area (Å²) in [5, 5.41) is 12.9. The fraction of sp³-hybridized carbons (Fsp3) is 0.312. The van der Waals surface area contributed by atoms with Crippen molar-refractivity contribution in [1.82, 2.24) is 5.32 Å². The lowest BCUT2D eigenvalue weighted by molar-refractivity contribution is -0.139. The van der Waals surface area contributed by atoms with Crippen molar-refractivity contribution in [2.75, 3.05) is 0 Å². The van der Waals surface area contributed by atoms with Gasteiger partial charge in [-0.05, 0) is 36.2 Å². The monoisotopic (exact) mass is 323 g/mol. The van der Waals surface area contributed by atoms with E-state index in [1.165, 1.54) is 0 Å². The number of halogens is 1. The Bertz CT molecular complexity index is 612. The van der Waals surface area contributed by atoms with Gasteiger partial charge in [0.05, 0.1) is 0 Å². The first kappa shape index (κ1) is 16.0. The molecule has 112 valence electrons. The maximum absolute atomic E-state index is 11.1. The molecule has 1 aromatic carbocycles. The first-order chi connectivity index (χ1) is 10.1. The van der Waals surface area contributed by atoms with E-state index < -0.39 is 12.0 Å². The van der Waals surface area contributed by atoms with Crippen molar-refractivity contribution in [3.8, 4) is 10.4 Å². The van der Waals surface area contributed by atoms with Gasteiger partial charge in [-0.15, -0.1) is 11.3 Å². The second-order valence-corrected chi connectivity index (χ2v) is 6.44. The molecule has 3 nitrogen and oxygen atoms in total. The molecule has 1 aromatic heterocycles.